The van der Waals surface area contributed by atoms with Crippen LogP contribution in [0.25, 0.3) is 0 Å². The normalized spacial score (nSPS) is 20.2. The molecule has 0 aromatic heterocycles. The van der Waals surface area contributed by atoms with Crippen molar-refractivity contribution < 1.29 is 9.47 Å². The van der Waals surface area contributed by atoms with Gasteiger partial charge in [-0.15, -0.1) is 24.0 Å². The summed E-state index contributed by atoms with van der Waals surface area (Å²) in [4.78, 5) is 9.63. The Bertz CT molecular complexity index is 559. The highest BCUT2D eigenvalue weighted by atomic mass is 127. The van der Waals surface area contributed by atoms with Gasteiger partial charge >= 0.3 is 0 Å². The average molecular weight is 502 g/mol. The summed E-state index contributed by atoms with van der Waals surface area (Å²) in [6.07, 6.45) is 2.10. The van der Waals surface area contributed by atoms with Crippen LogP contribution < -0.4 is 10.2 Å². The fraction of sp³-hybridized carbons (Fsp3) is 0.667. The predicted molar refractivity (Wildman–Crippen MR) is 126 cm³/mol. The van der Waals surface area contributed by atoms with E-state index in [0.717, 1.165) is 84.5 Å². The third-order valence-electron chi connectivity index (χ3n) is 5.12. The second-order valence-electron chi connectivity index (χ2n) is 7.20. The molecule has 2 fully saturated rings. The Hall–Kier alpha value is -1.06. The average Bonchev–Trinajstić information content (AvgIpc) is 3.24. The van der Waals surface area contributed by atoms with Crippen molar-refractivity contribution in [3.05, 3.63) is 30.3 Å². The minimum atomic E-state index is 0. The molecule has 6 nitrogen and oxygen atoms in total. The lowest BCUT2D eigenvalue weighted by molar-refractivity contribution is 0.0893. The van der Waals surface area contributed by atoms with Gasteiger partial charge in [0, 0.05) is 64.1 Å². The van der Waals surface area contributed by atoms with Crippen LogP contribution in [-0.4, -0.2) is 76.6 Å². The van der Waals surface area contributed by atoms with E-state index in [2.05, 4.69) is 52.4 Å². The molecule has 2 heterocycles. The van der Waals surface area contributed by atoms with E-state index in [-0.39, 0.29) is 24.0 Å². The highest BCUT2D eigenvalue weighted by molar-refractivity contribution is 14.0. The molecule has 28 heavy (non-hydrogen) atoms. The number of hydrogen-bond acceptors (Lipinski definition) is 4. The number of halogens is 1. The van der Waals surface area contributed by atoms with E-state index < -0.39 is 0 Å². The number of anilines is 1. The first-order chi connectivity index (χ1) is 13.4. The van der Waals surface area contributed by atoms with Crippen LogP contribution in [0, 0.1) is 5.92 Å². The van der Waals surface area contributed by atoms with Gasteiger partial charge in [-0.3, -0.25) is 4.99 Å². The van der Waals surface area contributed by atoms with Crippen LogP contribution in [-0.2, 0) is 9.47 Å². The quantitative estimate of drug-likeness (QED) is 0.257. The molecule has 1 N–H and O–H groups in total. The standard InChI is InChI=1S/C21H34N4O2.HI/c1-2-22-21(23-10-6-15-26-17-19-9-16-27-18-19)25-13-11-24(12-14-25)20-7-4-3-5-8-20;/h3-5,7-8,19H,2,6,9-18H2,1H3,(H,22,23);1H. The summed E-state index contributed by atoms with van der Waals surface area (Å²) in [6.45, 7) is 11.2. The first-order valence-corrected chi connectivity index (χ1v) is 10.4. The van der Waals surface area contributed by atoms with E-state index in [1.807, 2.05) is 0 Å². The topological polar surface area (TPSA) is 49.3 Å². The summed E-state index contributed by atoms with van der Waals surface area (Å²) in [6, 6.07) is 10.7. The first kappa shape index (κ1) is 23.2. The molecule has 0 spiro atoms. The molecular formula is C21H35IN4O2. The Morgan fingerprint density at radius 1 is 1.21 bits per heavy atom. The van der Waals surface area contributed by atoms with Crippen molar-refractivity contribution in [1.82, 2.24) is 10.2 Å². The number of nitrogens with one attached hydrogen (secondary N) is 1. The summed E-state index contributed by atoms with van der Waals surface area (Å²) in [5.74, 6) is 1.63. The van der Waals surface area contributed by atoms with Gasteiger partial charge in [0.2, 0.25) is 0 Å². The van der Waals surface area contributed by atoms with Crippen molar-refractivity contribution in [3.63, 3.8) is 0 Å². The molecule has 2 aliphatic heterocycles. The molecule has 1 aromatic carbocycles. The molecule has 158 valence electrons. The molecule has 0 amide bonds. The van der Waals surface area contributed by atoms with Crippen LogP contribution in [0.2, 0.25) is 0 Å². The molecule has 0 saturated carbocycles. The van der Waals surface area contributed by atoms with E-state index in [4.69, 9.17) is 14.5 Å². The van der Waals surface area contributed by atoms with Crippen molar-refractivity contribution >= 4 is 35.6 Å². The van der Waals surface area contributed by atoms with E-state index in [1.54, 1.807) is 0 Å². The summed E-state index contributed by atoms with van der Waals surface area (Å²) >= 11 is 0. The number of rotatable bonds is 8. The molecule has 0 radical (unpaired) electrons. The van der Waals surface area contributed by atoms with Gasteiger partial charge in [-0.1, -0.05) is 18.2 Å². The van der Waals surface area contributed by atoms with Crippen LogP contribution in [0.1, 0.15) is 19.8 Å². The maximum absolute atomic E-state index is 5.78. The first-order valence-electron chi connectivity index (χ1n) is 10.4. The Morgan fingerprint density at radius 2 is 2.00 bits per heavy atom. The van der Waals surface area contributed by atoms with Gasteiger partial charge < -0.3 is 24.6 Å². The SMILES string of the molecule is CCNC(=NCCCOCC1CCOC1)N1CCN(c2ccccc2)CC1.I. The molecular weight excluding hydrogens is 467 g/mol. The van der Waals surface area contributed by atoms with Gasteiger partial charge in [0.05, 0.1) is 13.2 Å². The third kappa shape index (κ3) is 7.40. The van der Waals surface area contributed by atoms with Gasteiger partial charge in [-0.25, -0.2) is 0 Å². The number of piperazine rings is 1. The molecule has 7 heteroatoms. The number of nitrogens with zero attached hydrogens (tertiary/aromatic N) is 3. The number of aliphatic imine (C=N–C) groups is 1. The van der Waals surface area contributed by atoms with Gasteiger partial charge in [-0.2, -0.15) is 0 Å². The summed E-state index contributed by atoms with van der Waals surface area (Å²) in [7, 11) is 0. The van der Waals surface area contributed by atoms with Crippen LogP contribution in [0.4, 0.5) is 5.69 Å². The van der Waals surface area contributed by atoms with Crippen LogP contribution >= 0.6 is 24.0 Å². The molecule has 2 aliphatic rings. The summed E-state index contributed by atoms with van der Waals surface area (Å²) in [5.41, 5.74) is 1.31. The van der Waals surface area contributed by atoms with Crippen molar-refractivity contribution in [2.24, 2.45) is 10.9 Å². The van der Waals surface area contributed by atoms with Gasteiger partial charge in [0.15, 0.2) is 5.96 Å². The van der Waals surface area contributed by atoms with Crippen molar-refractivity contribution in [2.75, 3.05) is 70.6 Å². The predicted octanol–water partition coefficient (Wildman–Crippen LogP) is 2.84. The zero-order valence-electron chi connectivity index (χ0n) is 17.0. The molecule has 3 rings (SSSR count). The number of para-hydroxylation sites is 1. The lowest BCUT2D eigenvalue weighted by Crippen LogP contribution is -2.52. The Kier molecular flexibility index (Phi) is 11.0. The smallest absolute Gasteiger partial charge is 0.194 e. The lowest BCUT2D eigenvalue weighted by atomic mass is 10.1. The molecule has 0 bridgehead atoms. The third-order valence-corrected chi connectivity index (χ3v) is 5.12. The zero-order chi connectivity index (χ0) is 18.7. The van der Waals surface area contributed by atoms with Crippen molar-refractivity contribution in [3.8, 4) is 0 Å². The number of guanidine groups is 1. The van der Waals surface area contributed by atoms with E-state index in [9.17, 15) is 0 Å². The summed E-state index contributed by atoms with van der Waals surface area (Å²) in [5, 5.41) is 3.44. The Labute approximate surface area is 186 Å². The highest BCUT2D eigenvalue weighted by Gasteiger charge is 2.19. The van der Waals surface area contributed by atoms with Gasteiger partial charge in [-0.05, 0) is 31.9 Å². The fourth-order valence-corrected chi connectivity index (χ4v) is 3.56. The second-order valence-corrected chi connectivity index (χ2v) is 7.20. The van der Waals surface area contributed by atoms with Crippen LogP contribution in [0.3, 0.4) is 0 Å². The monoisotopic (exact) mass is 502 g/mol. The molecule has 2 saturated heterocycles. The van der Waals surface area contributed by atoms with E-state index in [0.29, 0.717) is 5.92 Å². The van der Waals surface area contributed by atoms with E-state index >= 15 is 0 Å². The van der Waals surface area contributed by atoms with Crippen LogP contribution in [0.5, 0.6) is 0 Å². The molecule has 1 aromatic rings. The lowest BCUT2D eigenvalue weighted by Gasteiger charge is -2.37. The number of benzene rings is 1. The number of ether oxygens (including phenoxy) is 2. The minimum absolute atomic E-state index is 0. The number of hydrogen-bond donors (Lipinski definition) is 1. The minimum Gasteiger partial charge on any atom is -0.381 e. The Morgan fingerprint density at radius 3 is 2.68 bits per heavy atom. The highest BCUT2D eigenvalue weighted by Crippen LogP contribution is 2.15. The fourth-order valence-electron chi connectivity index (χ4n) is 3.56. The van der Waals surface area contributed by atoms with E-state index in [1.165, 1.54) is 5.69 Å². The maximum atomic E-state index is 5.78. The van der Waals surface area contributed by atoms with Crippen molar-refractivity contribution in [1.29, 1.82) is 0 Å². The van der Waals surface area contributed by atoms with Crippen molar-refractivity contribution in [2.45, 2.75) is 19.8 Å². The molecule has 0 aliphatic carbocycles. The second kappa shape index (κ2) is 13.2. The maximum Gasteiger partial charge on any atom is 0.194 e. The zero-order valence-corrected chi connectivity index (χ0v) is 19.3. The molecule has 1 atom stereocenters. The molecule has 1 unspecified atom stereocenters. The van der Waals surface area contributed by atoms with Gasteiger partial charge in [0.1, 0.15) is 0 Å². The van der Waals surface area contributed by atoms with Gasteiger partial charge in [0.25, 0.3) is 0 Å². The van der Waals surface area contributed by atoms with Crippen LogP contribution in [0.15, 0.2) is 35.3 Å². The Balaban J connectivity index is 0.00000280. The summed E-state index contributed by atoms with van der Waals surface area (Å²) < 4.78 is 11.2. The largest absolute Gasteiger partial charge is 0.381 e.